The SMILES string of the molecule is COc1ccc2c(Nc3ccc(F)cc3)ncnc2c1. The molecule has 0 spiro atoms. The maximum atomic E-state index is 12.9. The van der Waals surface area contributed by atoms with E-state index in [9.17, 15) is 4.39 Å². The van der Waals surface area contributed by atoms with Crippen LogP contribution in [0.5, 0.6) is 5.75 Å². The van der Waals surface area contributed by atoms with E-state index < -0.39 is 0 Å². The van der Waals surface area contributed by atoms with Crippen molar-refractivity contribution >= 4 is 22.4 Å². The van der Waals surface area contributed by atoms with Crippen molar-refractivity contribution in [1.82, 2.24) is 9.97 Å². The zero-order chi connectivity index (χ0) is 13.9. The van der Waals surface area contributed by atoms with E-state index in [-0.39, 0.29) is 5.82 Å². The summed E-state index contributed by atoms with van der Waals surface area (Å²) in [5.41, 5.74) is 1.55. The Kier molecular flexibility index (Phi) is 3.16. The van der Waals surface area contributed by atoms with Gasteiger partial charge in [-0.1, -0.05) is 0 Å². The monoisotopic (exact) mass is 269 g/mol. The molecule has 0 aliphatic rings. The molecule has 2 aromatic carbocycles. The number of benzene rings is 2. The molecule has 1 heterocycles. The highest BCUT2D eigenvalue weighted by atomic mass is 19.1. The van der Waals surface area contributed by atoms with Crippen molar-refractivity contribution in [2.24, 2.45) is 0 Å². The molecule has 0 saturated carbocycles. The van der Waals surface area contributed by atoms with Gasteiger partial charge >= 0.3 is 0 Å². The van der Waals surface area contributed by atoms with E-state index in [0.717, 1.165) is 22.3 Å². The highest BCUT2D eigenvalue weighted by Gasteiger charge is 2.05. The molecule has 0 radical (unpaired) electrons. The molecule has 0 bridgehead atoms. The third kappa shape index (κ3) is 2.38. The Bertz CT molecular complexity index is 744. The Hall–Kier alpha value is -2.69. The highest BCUT2D eigenvalue weighted by molar-refractivity contribution is 5.91. The number of nitrogens with one attached hydrogen (secondary N) is 1. The van der Waals surface area contributed by atoms with Gasteiger partial charge in [0.05, 0.1) is 12.6 Å². The van der Waals surface area contributed by atoms with Crippen molar-refractivity contribution < 1.29 is 9.13 Å². The van der Waals surface area contributed by atoms with Gasteiger partial charge in [0.2, 0.25) is 0 Å². The molecule has 20 heavy (non-hydrogen) atoms. The van der Waals surface area contributed by atoms with Gasteiger partial charge in [-0.2, -0.15) is 0 Å². The standard InChI is InChI=1S/C15H12FN3O/c1-20-12-6-7-13-14(8-12)17-9-18-15(13)19-11-4-2-10(16)3-5-11/h2-9H,1H3,(H,17,18,19). The predicted molar refractivity (Wildman–Crippen MR) is 75.8 cm³/mol. The number of aromatic nitrogens is 2. The minimum Gasteiger partial charge on any atom is -0.497 e. The lowest BCUT2D eigenvalue weighted by Crippen LogP contribution is -1.96. The van der Waals surface area contributed by atoms with Crippen LogP contribution in [-0.4, -0.2) is 17.1 Å². The zero-order valence-electron chi connectivity index (χ0n) is 10.8. The van der Waals surface area contributed by atoms with E-state index >= 15 is 0 Å². The first-order chi connectivity index (χ1) is 9.76. The second kappa shape index (κ2) is 5.13. The normalized spacial score (nSPS) is 10.5. The lowest BCUT2D eigenvalue weighted by Gasteiger charge is -2.09. The van der Waals surface area contributed by atoms with Crippen LogP contribution in [-0.2, 0) is 0 Å². The molecular weight excluding hydrogens is 257 g/mol. The molecule has 1 aromatic heterocycles. The van der Waals surface area contributed by atoms with Crippen molar-refractivity contribution in [3.63, 3.8) is 0 Å². The fourth-order valence-electron chi connectivity index (χ4n) is 1.93. The van der Waals surface area contributed by atoms with Crippen LogP contribution in [0.3, 0.4) is 0 Å². The number of halogens is 1. The van der Waals surface area contributed by atoms with Gasteiger partial charge in [0, 0.05) is 17.1 Å². The summed E-state index contributed by atoms with van der Waals surface area (Å²) in [5.74, 6) is 1.14. The first kappa shape index (κ1) is 12.3. The summed E-state index contributed by atoms with van der Waals surface area (Å²) in [6.07, 6.45) is 1.48. The molecule has 1 N–H and O–H groups in total. The summed E-state index contributed by atoms with van der Waals surface area (Å²) in [4.78, 5) is 8.44. The molecule has 0 amide bonds. The van der Waals surface area contributed by atoms with Crippen LogP contribution < -0.4 is 10.1 Å². The van der Waals surface area contributed by atoms with Gasteiger partial charge < -0.3 is 10.1 Å². The second-order valence-corrected chi connectivity index (χ2v) is 4.24. The average molecular weight is 269 g/mol. The van der Waals surface area contributed by atoms with Crippen molar-refractivity contribution in [2.75, 3.05) is 12.4 Å². The van der Waals surface area contributed by atoms with E-state index in [2.05, 4.69) is 15.3 Å². The lowest BCUT2D eigenvalue weighted by molar-refractivity contribution is 0.415. The zero-order valence-corrected chi connectivity index (χ0v) is 10.8. The molecular formula is C15H12FN3O. The topological polar surface area (TPSA) is 47.0 Å². The van der Waals surface area contributed by atoms with Gasteiger partial charge in [0.1, 0.15) is 23.7 Å². The van der Waals surface area contributed by atoms with Gasteiger partial charge in [-0.15, -0.1) is 0 Å². The van der Waals surface area contributed by atoms with Crippen molar-refractivity contribution in [3.05, 3.63) is 54.6 Å². The number of rotatable bonds is 3. The Morgan fingerprint density at radius 1 is 1.05 bits per heavy atom. The van der Waals surface area contributed by atoms with E-state index in [0.29, 0.717) is 5.82 Å². The van der Waals surface area contributed by atoms with Gasteiger partial charge in [-0.05, 0) is 36.4 Å². The minimum atomic E-state index is -0.271. The van der Waals surface area contributed by atoms with Gasteiger partial charge in [-0.3, -0.25) is 0 Å². The molecule has 0 fully saturated rings. The number of anilines is 2. The summed E-state index contributed by atoms with van der Waals surface area (Å²) in [7, 11) is 1.61. The maximum absolute atomic E-state index is 12.9. The largest absolute Gasteiger partial charge is 0.497 e. The number of nitrogens with zero attached hydrogens (tertiary/aromatic N) is 2. The molecule has 0 unspecified atom stereocenters. The highest BCUT2D eigenvalue weighted by Crippen LogP contribution is 2.25. The van der Waals surface area contributed by atoms with Gasteiger partial charge in [-0.25, -0.2) is 14.4 Å². The molecule has 100 valence electrons. The fourth-order valence-corrected chi connectivity index (χ4v) is 1.93. The number of methoxy groups -OCH3 is 1. The number of hydrogen-bond acceptors (Lipinski definition) is 4. The maximum Gasteiger partial charge on any atom is 0.141 e. The fraction of sp³-hybridized carbons (Fsp3) is 0.0667. The summed E-state index contributed by atoms with van der Waals surface area (Å²) in [5, 5.41) is 4.03. The summed E-state index contributed by atoms with van der Waals surface area (Å²) >= 11 is 0. The Labute approximate surface area is 115 Å². The second-order valence-electron chi connectivity index (χ2n) is 4.24. The molecule has 4 nitrogen and oxygen atoms in total. The first-order valence-corrected chi connectivity index (χ1v) is 6.07. The summed E-state index contributed by atoms with van der Waals surface area (Å²) in [6.45, 7) is 0. The van der Waals surface area contributed by atoms with Crippen LogP contribution in [0.15, 0.2) is 48.8 Å². The minimum absolute atomic E-state index is 0.271. The average Bonchev–Trinajstić information content (AvgIpc) is 2.49. The molecule has 0 aliphatic carbocycles. The Morgan fingerprint density at radius 3 is 2.60 bits per heavy atom. The smallest absolute Gasteiger partial charge is 0.141 e. The van der Waals surface area contributed by atoms with E-state index in [4.69, 9.17) is 4.74 Å². The van der Waals surface area contributed by atoms with Crippen molar-refractivity contribution in [2.45, 2.75) is 0 Å². The molecule has 3 aromatic rings. The van der Waals surface area contributed by atoms with Crippen molar-refractivity contribution in [1.29, 1.82) is 0 Å². The van der Waals surface area contributed by atoms with Gasteiger partial charge in [0.25, 0.3) is 0 Å². The number of fused-ring (bicyclic) bond motifs is 1. The molecule has 0 saturated heterocycles. The predicted octanol–water partition coefficient (Wildman–Crippen LogP) is 3.52. The Balaban J connectivity index is 2.01. The third-order valence-corrected chi connectivity index (χ3v) is 2.95. The Morgan fingerprint density at radius 2 is 1.85 bits per heavy atom. The quantitative estimate of drug-likeness (QED) is 0.790. The van der Waals surface area contributed by atoms with Crippen LogP contribution in [0, 0.1) is 5.82 Å². The van der Waals surface area contributed by atoms with E-state index in [1.807, 2.05) is 18.2 Å². The number of hydrogen-bond donors (Lipinski definition) is 1. The van der Waals surface area contributed by atoms with E-state index in [1.54, 1.807) is 19.2 Å². The van der Waals surface area contributed by atoms with Crippen LogP contribution in [0.25, 0.3) is 10.9 Å². The van der Waals surface area contributed by atoms with Gasteiger partial charge in [0.15, 0.2) is 0 Å². The summed E-state index contributed by atoms with van der Waals surface area (Å²) in [6, 6.07) is 11.7. The van der Waals surface area contributed by atoms with Crippen LogP contribution >= 0.6 is 0 Å². The van der Waals surface area contributed by atoms with Crippen LogP contribution in [0.4, 0.5) is 15.9 Å². The molecule has 5 heteroatoms. The van der Waals surface area contributed by atoms with Crippen LogP contribution in [0.2, 0.25) is 0 Å². The number of ether oxygens (including phenoxy) is 1. The molecule has 0 aliphatic heterocycles. The first-order valence-electron chi connectivity index (χ1n) is 6.07. The van der Waals surface area contributed by atoms with E-state index in [1.165, 1.54) is 18.5 Å². The molecule has 0 atom stereocenters. The lowest BCUT2D eigenvalue weighted by atomic mass is 10.2. The third-order valence-electron chi connectivity index (χ3n) is 2.95. The summed E-state index contributed by atoms with van der Waals surface area (Å²) < 4.78 is 18.1. The van der Waals surface area contributed by atoms with Crippen LogP contribution in [0.1, 0.15) is 0 Å². The molecule has 3 rings (SSSR count). The van der Waals surface area contributed by atoms with Crippen molar-refractivity contribution in [3.8, 4) is 5.75 Å².